The van der Waals surface area contributed by atoms with Gasteiger partial charge in [-0.15, -0.1) is 0 Å². The summed E-state index contributed by atoms with van der Waals surface area (Å²) in [5, 5.41) is 9.79. The summed E-state index contributed by atoms with van der Waals surface area (Å²) >= 11 is 0. The first-order valence-corrected chi connectivity index (χ1v) is 10.5. The molecule has 5 N–H and O–H groups in total. The van der Waals surface area contributed by atoms with Crippen LogP contribution in [0.2, 0.25) is 0 Å². The molecule has 4 rings (SSSR count). The standard InChI is InChI=1S/C24H27N5O2/c1-15(28-24(31)22-9-16(12-25)13-26-22)23(30)29-20-8-7-18-10-19(14-27-21(18)11-20)17-5-3-2-4-6-17/h2-8,10-11,14-16,22,26H,9,12-13,25H2,1H3,(H,28,31)(H,29,30)/t15-,16-,22-/m1/s1. The molecule has 2 heterocycles. The van der Waals surface area contributed by atoms with Crippen LogP contribution in [0.1, 0.15) is 13.3 Å². The molecule has 160 valence electrons. The van der Waals surface area contributed by atoms with E-state index in [4.69, 9.17) is 5.73 Å². The van der Waals surface area contributed by atoms with Gasteiger partial charge in [0.1, 0.15) is 6.04 Å². The number of nitrogens with one attached hydrogen (secondary N) is 3. The molecule has 2 amide bonds. The van der Waals surface area contributed by atoms with E-state index in [1.54, 1.807) is 6.92 Å². The van der Waals surface area contributed by atoms with Gasteiger partial charge in [0.05, 0.1) is 11.6 Å². The van der Waals surface area contributed by atoms with E-state index in [0.717, 1.165) is 28.6 Å². The fourth-order valence-electron chi connectivity index (χ4n) is 3.81. The zero-order chi connectivity index (χ0) is 21.8. The van der Waals surface area contributed by atoms with Crippen molar-refractivity contribution in [3.05, 3.63) is 60.8 Å². The van der Waals surface area contributed by atoms with Crippen molar-refractivity contribution in [3.8, 4) is 11.1 Å². The molecule has 1 aromatic heterocycles. The van der Waals surface area contributed by atoms with E-state index in [9.17, 15) is 9.59 Å². The van der Waals surface area contributed by atoms with Gasteiger partial charge in [-0.2, -0.15) is 0 Å². The summed E-state index contributed by atoms with van der Waals surface area (Å²) in [6.07, 6.45) is 2.52. The van der Waals surface area contributed by atoms with E-state index in [1.165, 1.54) is 0 Å². The van der Waals surface area contributed by atoms with Crippen LogP contribution >= 0.6 is 0 Å². The maximum absolute atomic E-state index is 12.6. The molecule has 7 heteroatoms. The quantitative estimate of drug-likeness (QED) is 0.492. The SMILES string of the molecule is C[C@@H](NC(=O)[C@H]1C[C@H](CN)CN1)C(=O)Nc1ccc2cc(-c3ccccc3)cnc2c1. The Hall–Kier alpha value is -3.29. The average molecular weight is 418 g/mol. The van der Waals surface area contributed by atoms with Crippen molar-refractivity contribution in [2.24, 2.45) is 11.7 Å². The van der Waals surface area contributed by atoms with Gasteiger partial charge in [-0.1, -0.05) is 36.4 Å². The van der Waals surface area contributed by atoms with Crippen molar-refractivity contribution in [2.45, 2.75) is 25.4 Å². The number of nitrogens with zero attached hydrogens (tertiary/aromatic N) is 1. The minimum absolute atomic E-state index is 0.174. The minimum Gasteiger partial charge on any atom is -0.343 e. The first-order chi connectivity index (χ1) is 15.0. The first kappa shape index (κ1) is 21.0. The molecule has 1 aliphatic rings. The number of amides is 2. The van der Waals surface area contributed by atoms with Crippen LogP contribution in [0.4, 0.5) is 5.69 Å². The third-order valence-electron chi connectivity index (χ3n) is 5.68. The van der Waals surface area contributed by atoms with Gasteiger partial charge in [0.2, 0.25) is 11.8 Å². The maximum Gasteiger partial charge on any atom is 0.246 e. The highest BCUT2D eigenvalue weighted by Gasteiger charge is 2.30. The number of carbonyl (C=O) groups excluding carboxylic acids is 2. The van der Waals surface area contributed by atoms with Gasteiger partial charge < -0.3 is 21.7 Å². The predicted molar refractivity (Wildman–Crippen MR) is 122 cm³/mol. The zero-order valence-corrected chi connectivity index (χ0v) is 17.5. The molecule has 7 nitrogen and oxygen atoms in total. The summed E-state index contributed by atoms with van der Waals surface area (Å²) in [4.78, 5) is 29.5. The second-order valence-electron chi connectivity index (χ2n) is 8.02. The van der Waals surface area contributed by atoms with E-state index in [-0.39, 0.29) is 17.9 Å². The van der Waals surface area contributed by atoms with E-state index in [0.29, 0.717) is 24.6 Å². The summed E-state index contributed by atoms with van der Waals surface area (Å²) < 4.78 is 0. The fourth-order valence-corrected chi connectivity index (χ4v) is 3.81. The number of pyridine rings is 1. The maximum atomic E-state index is 12.6. The van der Waals surface area contributed by atoms with Crippen LogP contribution in [-0.4, -0.2) is 42.0 Å². The van der Waals surface area contributed by atoms with Crippen LogP contribution in [0.5, 0.6) is 0 Å². The van der Waals surface area contributed by atoms with E-state index >= 15 is 0 Å². The summed E-state index contributed by atoms with van der Waals surface area (Å²) in [6.45, 7) is 2.95. The van der Waals surface area contributed by atoms with Crippen molar-refractivity contribution < 1.29 is 9.59 Å². The van der Waals surface area contributed by atoms with Crippen LogP contribution < -0.4 is 21.7 Å². The molecule has 2 aromatic carbocycles. The van der Waals surface area contributed by atoms with Crippen molar-refractivity contribution in [1.29, 1.82) is 0 Å². The fraction of sp³-hybridized carbons (Fsp3) is 0.292. The molecular formula is C24H27N5O2. The van der Waals surface area contributed by atoms with Crippen molar-refractivity contribution in [2.75, 3.05) is 18.4 Å². The van der Waals surface area contributed by atoms with Crippen molar-refractivity contribution >= 4 is 28.4 Å². The van der Waals surface area contributed by atoms with Gasteiger partial charge >= 0.3 is 0 Å². The normalized spacial score (nSPS) is 19.2. The lowest BCUT2D eigenvalue weighted by molar-refractivity contribution is -0.127. The second kappa shape index (κ2) is 9.24. The Morgan fingerprint density at radius 3 is 2.71 bits per heavy atom. The summed E-state index contributed by atoms with van der Waals surface area (Å²) in [7, 11) is 0. The van der Waals surface area contributed by atoms with Gasteiger partial charge in [-0.25, -0.2) is 0 Å². The number of hydrogen-bond acceptors (Lipinski definition) is 5. The van der Waals surface area contributed by atoms with Gasteiger partial charge in [0, 0.05) is 22.8 Å². The Balaban J connectivity index is 1.39. The van der Waals surface area contributed by atoms with Crippen LogP contribution in [0.15, 0.2) is 60.8 Å². The Bertz CT molecular complexity index is 1090. The van der Waals surface area contributed by atoms with Gasteiger partial charge in [-0.05, 0) is 56.1 Å². The van der Waals surface area contributed by atoms with Crippen molar-refractivity contribution in [1.82, 2.24) is 15.6 Å². The Morgan fingerprint density at radius 2 is 1.97 bits per heavy atom. The molecular weight excluding hydrogens is 390 g/mol. The predicted octanol–water partition coefficient (Wildman–Crippen LogP) is 2.28. The van der Waals surface area contributed by atoms with E-state index in [2.05, 4.69) is 27.0 Å². The molecule has 1 saturated heterocycles. The number of fused-ring (bicyclic) bond motifs is 1. The molecule has 0 radical (unpaired) electrons. The van der Waals surface area contributed by atoms with E-state index in [1.807, 2.05) is 54.7 Å². The zero-order valence-electron chi connectivity index (χ0n) is 17.5. The largest absolute Gasteiger partial charge is 0.343 e. The lowest BCUT2D eigenvalue weighted by atomic mass is 10.1. The molecule has 1 fully saturated rings. The number of carbonyl (C=O) groups is 2. The van der Waals surface area contributed by atoms with Gasteiger partial charge in [-0.3, -0.25) is 14.6 Å². The summed E-state index contributed by atoms with van der Waals surface area (Å²) in [6, 6.07) is 16.8. The monoisotopic (exact) mass is 417 g/mol. The molecule has 0 unspecified atom stereocenters. The van der Waals surface area contributed by atoms with Crippen LogP contribution in [0, 0.1) is 5.92 Å². The molecule has 1 aliphatic heterocycles. The number of rotatable bonds is 6. The third kappa shape index (κ3) is 4.90. The number of benzene rings is 2. The average Bonchev–Trinajstić information content (AvgIpc) is 3.29. The second-order valence-corrected chi connectivity index (χ2v) is 8.02. The highest BCUT2D eigenvalue weighted by Crippen LogP contribution is 2.24. The Kier molecular flexibility index (Phi) is 6.25. The number of aromatic nitrogens is 1. The Labute approximate surface area is 181 Å². The van der Waals surface area contributed by atoms with Crippen LogP contribution in [0.25, 0.3) is 22.0 Å². The summed E-state index contributed by atoms with van der Waals surface area (Å²) in [5.41, 5.74) is 9.24. The van der Waals surface area contributed by atoms with Crippen LogP contribution in [0.3, 0.4) is 0 Å². The van der Waals surface area contributed by atoms with Crippen LogP contribution in [-0.2, 0) is 9.59 Å². The van der Waals surface area contributed by atoms with Gasteiger partial charge in [0.15, 0.2) is 0 Å². The molecule has 0 aliphatic carbocycles. The molecule has 0 spiro atoms. The Morgan fingerprint density at radius 1 is 1.16 bits per heavy atom. The lowest BCUT2D eigenvalue weighted by Gasteiger charge is -2.17. The molecule has 3 aromatic rings. The molecule has 3 atom stereocenters. The van der Waals surface area contributed by atoms with Gasteiger partial charge in [0.25, 0.3) is 0 Å². The number of anilines is 1. The lowest BCUT2D eigenvalue weighted by Crippen LogP contribution is -2.48. The minimum atomic E-state index is -0.657. The number of hydrogen-bond donors (Lipinski definition) is 4. The third-order valence-corrected chi connectivity index (χ3v) is 5.68. The number of nitrogens with two attached hydrogens (primary N) is 1. The highest BCUT2D eigenvalue weighted by atomic mass is 16.2. The molecule has 31 heavy (non-hydrogen) atoms. The molecule has 0 bridgehead atoms. The topological polar surface area (TPSA) is 109 Å². The highest BCUT2D eigenvalue weighted by molar-refractivity contribution is 5.99. The van der Waals surface area contributed by atoms with E-state index < -0.39 is 6.04 Å². The molecule has 0 saturated carbocycles. The van der Waals surface area contributed by atoms with Crippen molar-refractivity contribution in [3.63, 3.8) is 0 Å². The smallest absolute Gasteiger partial charge is 0.246 e. The summed E-state index contributed by atoms with van der Waals surface area (Å²) in [5.74, 6) is -0.151. The first-order valence-electron chi connectivity index (χ1n) is 10.5.